The number of halogens is 4. The van der Waals surface area contributed by atoms with E-state index in [9.17, 15) is 35.9 Å². The quantitative estimate of drug-likeness (QED) is 0.412. The first kappa shape index (κ1) is 26.6. The average molecular weight is 544 g/mol. The fourth-order valence-electron chi connectivity index (χ4n) is 3.68. The van der Waals surface area contributed by atoms with Crippen LogP contribution < -0.4 is 5.32 Å². The van der Waals surface area contributed by atoms with Crippen molar-refractivity contribution in [2.75, 3.05) is 17.7 Å². The minimum absolute atomic E-state index is 0.0463. The number of amides is 1. The highest BCUT2D eigenvalue weighted by Crippen LogP contribution is 2.30. The number of hydrogen-bond donors (Lipinski definition) is 2. The number of carbonyl (C=O) groups excluding carboxylic acids is 1. The van der Waals surface area contributed by atoms with Crippen molar-refractivity contribution in [2.24, 2.45) is 0 Å². The summed E-state index contributed by atoms with van der Waals surface area (Å²) in [6.07, 6.45) is -6.13. The molecule has 1 aliphatic rings. The van der Waals surface area contributed by atoms with Crippen LogP contribution in [-0.4, -0.2) is 67.5 Å². The molecule has 1 amide bonds. The van der Waals surface area contributed by atoms with E-state index in [2.05, 4.69) is 25.8 Å². The second-order valence-electron chi connectivity index (χ2n) is 8.39. The molecule has 37 heavy (non-hydrogen) atoms. The highest BCUT2D eigenvalue weighted by Gasteiger charge is 2.35. The molecule has 0 bridgehead atoms. The first-order valence-corrected chi connectivity index (χ1v) is 12.5. The molecule has 198 valence electrons. The van der Waals surface area contributed by atoms with Crippen LogP contribution in [0.15, 0.2) is 30.3 Å². The Morgan fingerprint density at radius 2 is 1.92 bits per heavy atom. The van der Waals surface area contributed by atoms with Crippen LogP contribution in [-0.2, 0) is 23.1 Å². The molecule has 16 heteroatoms. The molecule has 0 saturated carbocycles. The second kappa shape index (κ2) is 10.1. The van der Waals surface area contributed by atoms with Crippen LogP contribution >= 0.6 is 0 Å². The predicted octanol–water partition coefficient (Wildman–Crippen LogP) is 2.28. The molecule has 2 aromatic heterocycles. The molecule has 0 radical (unpaired) electrons. The molecular weight excluding hydrogens is 522 g/mol. The Morgan fingerprint density at radius 3 is 2.59 bits per heavy atom. The normalized spacial score (nSPS) is 15.0. The van der Waals surface area contributed by atoms with Gasteiger partial charge in [-0.05, 0) is 52.7 Å². The molecule has 2 N–H and O–H groups in total. The van der Waals surface area contributed by atoms with Crippen LogP contribution in [0, 0.1) is 5.82 Å². The molecular formula is C21H21F4N7O4S. The monoisotopic (exact) mass is 543 g/mol. The lowest BCUT2D eigenvalue weighted by molar-refractivity contribution is -0.130. The number of aliphatic hydroxyl groups excluding tert-OH is 1. The van der Waals surface area contributed by atoms with Gasteiger partial charge in [0.25, 0.3) is 5.91 Å². The smallest absolute Gasteiger partial charge is 0.390 e. The molecule has 1 atom stereocenters. The molecule has 4 rings (SSSR count). The number of pyridine rings is 1. The van der Waals surface area contributed by atoms with Gasteiger partial charge >= 0.3 is 6.18 Å². The number of nitrogens with one attached hydrogen (secondary N) is 1. The van der Waals surface area contributed by atoms with Crippen LogP contribution in [0.3, 0.4) is 0 Å². The first-order valence-electron chi connectivity index (χ1n) is 10.9. The zero-order valence-corrected chi connectivity index (χ0v) is 20.1. The van der Waals surface area contributed by atoms with E-state index in [1.165, 1.54) is 16.8 Å². The molecule has 0 spiro atoms. The van der Waals surface area contributed by atoms with Gasteiger partial charge in [0, 0.05) is 13.1 Å². The Labute approximate surface area is 208 Å². The van der Waals surface area contributed by atoms with Crippen molar-refractivity contribution in [2.45, 2.75) is 38.7 Å². The van der Waals surface area contributed by atoms with E-state index < -0.39 is 46.1 Å². The summed E-state index contributed by atoms with van der Waals surface area (Å²) in [5.74, 6) is -2.64. The number of aliphatic hydroxyl groups is 1. The zero-order valence-electron chi connectivity index (χ0n) is 19.3. The third-order valence-electron chi connectivity index (χ3n) is 5.66. The molecule has 11 nitrogen and oxygen atoms in total. The molecule has 0 aliphatic carbocycles. The summed E-state index contributed by atoms with van der Waals surface area (Å²) in [6, 6.07) is 6.31. The fraction of sp³-hybridized carbons (Fsp3) is 0.381. The lowest BCUT2D eigenvalue weighted by Gasteiger charge is -2.16. The van der Waals surface area contributed by atoms with Crippen molar-refractivity contribution in [3.63, 3.8) is 0 Å². The summed E-state index contributed by atoms with van der Waals surface area (Å²) < 4.78 is 79.0. The Bertz CT molecular complexity index is 1430. The number of tetrazole rings is 1. The van der Waals surface area contributed by atoms with Crippen LogP contribution in [0.4, 0.5) is 23.4 Å². The lowest BCUT2D eigenvalue weighted by atomic mass is 10.1. The van der Waals surface area contributed by atoms with E-state index in [1.54, 1.807) is 19.1 Å². The molecule has 0 saturated heterocycles. The van der Waals surface area contributed by atoms with Crippen molar-refractivity contribution in [1.82, 2.24) is 29.5 Å². The largest absolute Gasteiger partial charge is 0.394 e. The first-order chi connectivity index (χ1) is 17.4. The van der Waals surface area contributed by atoms with E-state index in [1.807, 2.05) is 0 Å². The van der Waals surface area contributed by atoms with Gasteiger partial charge in [-0.15, -0.1) is 5.10 Å². The van der Waals surface area contributed by atoms with E-state index in [0.717, 1.165) is 10.4 Å². The molecule has 3 heterocycles. The molecule has 0 fully saturated rings. The van der Waals surface area contributed by atoms with Gasteiger partial charge in [0.2, 0.25) is 15.8 Å². The maximum atomic E-state index is 14.8. The highest BCUT2D eigenvalue weighted by molar-refractivity contribution is 7.89. The third kappa shape index (κ3) is 5.91. The maximum Gasteiger partial charge on any atom is 0.390 e. The van der Waals surface area contributed by atoms with Crippen LogP contribution in [0.25, 0.3) is 11.5 Å². The summed E-state index contributed by atoms with van der Waals surface area (Å²) in [5.41, 5.74) is 0.451. The van der Waals surface area contributed by atoms with E-state index in [-0.39, 0.29) is 48.2 Å². The zero-order chi connectivity index (χ0) is 27.0. The van der Waals surface area contributed by atoms with Crippen molar-refractivity contribution < 1.29 is 35.9 Å². The predicted molar refractivity (Wildman–Crippen MR) is 121 cm³/mol. The van der Waals surface area contributed by atoms with Crippen LogP contribution in [0.1, 0.15) is 40.9 Å². The summed E-state index contributed by atoms with van der Waals surface area (Å²) in [7, 11) is -4.25. The van der Waals surface area contributed by atoms with E-state index in [0.29, 0.717) is 5.56 Å². The number of alkyl halides is 3. The third-order valence-corrected chi connectivity index (χ3v) is 7.42. The van der Waals surface area contributed by atoms with Gasteiger partial charge in [-0.3, -0.25) is 4.79 Å². The summed E-state index contributed by atoms with van der Waals surface area (Å²) in [5, 5.41) is 23.1. The number of rotatable bonds is 8. The molecule has 0 unspecified atom stereocenters. The van der Waals surface area contributed by atoms with Gasteiger partial charge in [0.05, 0.1) is 30.4 Å². The summed E-state index contributed by atoms with van der Waals surface area (Å²) >= 11 is 0. The molecule has 3 aromatic rings. The van der Waals surface area contributed by atoms with E-state index >= 15 is 0 Å². The minimum atomic E-state index is -4.63. The Morgan fingerprint density at radius 1 is 1.22 bits per heavy atom. The number of hydrogen-bond acceptors (Lipinski definition) is 8. The van der Waals surface area contributed by atoms with Crippen molar-refractivity contribution in [1.29, 1.82) is 0 Å². The van der Waals surface area contributed by atoms with Crippen molar-refractivity contribution in [3.8, 4) is 11.5 Å². The van der Waals surface area contributed by atoms with Crippen LogP contribution in [0.2, 0.25) is 0 Å². The summed E-state index contributed by atoms with van der Waals surface area (Å²) in [4.78, 5) is 17.1. The number of benzene rings is 1. The van der Waals surface area contributed by atoms with Gasteiger partial charge in [0.1, 0.15) is 17.3 Å². The highest BCUT2D eigenvalue weighted by atomic mass is 32.2. The minimum Gasteiger partial charge on any atom is -0.394 e. The van der Waals surface area contributed by atoms with E-state index in [4.69, 9.17) is 0 Å². The number of sulfonamides is 1. The second-order valence-corrected chi connectivity index (χ2v) is 10.5. The fourth-order valence-corrected chi connectivity index (χ4v) is 5.10. The van der Waals surface area contributed by atoms with Gasteiger partial charge in [-0.2, -0.15) is 17.5 Å². The number of carbonyl (C=O) groups is 1. The molecule has 1 aliphatic heterocycles. The number of aromatic nitrogens is 5. The maximum absolute atomic E-state index is 14.8. The summed E-state index contributed by atoms with van der Waals surface area (Å²) in [6.45, 7) is 0.881. The Hall–Kier alpha value is -3.50. The Balaban J connectivity index is 1.51. The van der Waals surface area contributed by atoms with Crippen molar-refractivity contribution in [3.05, 3.63) is 52.8 Å². The number of anilines is 1. The van der Waals surface area contributed by atoms with Gasteiger partial charge < -0.3 is 10.4 Å². The SMILES string of the molecule is C[C@H](CO)n1nnnc1-c1cccc(NC(=O)c2cc3c(cc2F)CN(S(=O)(=O)CCC(F)(F)F)C3)n1. The molecule has 1 aromatic carbocycles. The van der Waals surface area contributed by atoms with Gasteiger partial charge in [-0.1, -0.05) is 6.07 Å². The standard InChI is InChI=1S/C21H21F4N7O4S/c1-12(11-33)32-19(28-29-30-32)17-3-2-4-18(26-17)27-20(34)15-7-13-9-31(10-14(13)8-16(15)22)37(35,36)6-5-21(23,24)25/h2-4,7-8,12,33H,5-6,9-11H2,1H3,(H,26,27,34)/t12-/m1/s1. The number of fused-ring (bicyclic) bond motifs is 1. The lowest BCUT2D eigenvalue weighted by Crippen LogP contribution is -2.30. The topological polar surface area (TPSA) is 143 Å². The van der Waals surface area contributed by atoms with Gasteiger partial charge in [-0.25, -0.2) is 22.5 Å². The Kier molecular flexibility index (Phi) is 7.25. The van der Waals surface area contributed by atoms with Gasteiger partial charge in [0.15, 0.2) is 0 Å². The van der Waals surface area contributed by atoms with Crippen molar-refractivity contribution >= 4 is 21.7 Å². The van der Waals surface area contributed by atoms with Crippen LogP contribution in [0.5, 0.6) is 0 Å². The average Bonchev–Trinajstić information content (AvgIpc) is 3.49. The number of nitrogens with zero attached hydrogens (tertiary/aromatic N) is 6.